The number of hydrogen-bond acceptors (Lipinski definition) is 10. The van der Waals surface area contributed by atoms with E-state index in [1.165, 1.54) is 35.2 Å². The Balaban J connectivity index is 1.54. The third kappa shape index (κ3) is 4.94. The highest BCUT2D eigenvalue weighted by Gasteiger charge is 2.42. The van der Waals surface area contributed by atoms with Crippen molar-refractivity contribution in [2.75, 3.05) is 24.5 Å². The highest BCUT2D eigenvalue weighted by molar-refractivity contribution is 5.87. The van der Waals surface area contributed by atoms with Gasteiger partial charge in [0.15, 0.2) is 5.65 Å². The number of esters is 1. The number of benzene rings is 1. The molecule has 2 N–H and O–H groups in total. The van der Waals surface area contributed by atoms with Gasteiger partial charge in [0.05, 0.1) is 18.0 Å². The van der Waals surface area contributed by atoms with Gasteiger partial charge >= 0.3 is 12.1 Å². The monoisotopic (exact) mass is 528 g/mol. The van der Waals surface area contributed by atoms with E-state index in [2.05, 4.69) is 44.4 Å². The van der Waals surface area contributed by atoms with Crippen molar-refractivity contribution in [1.82, 2.24) is 35.1 Å². The number of aromatic hydroxyl groups is 1. The quantitative estimate of drug-likeness (QED) is 0.295. The van der Waals surface area contributed by atoms with Crippen molar-refractivity contribution in [3.8, 4) is 33.9 Å². The first kappa shape index (κ1) is 25.3. The summed E-state index contributed by atoms with van der Waals surface area (Å²) in [4.78, 5) is 22.3. The fourth-order valence-electron chi connectivity index (χ4n) is 4.22. The van der Waals surface area contributed by atoms with Crippen LogP contribution in [-0.4, -0.2) is 72.7 Å². The minimum atomic E-state index is -5.27. The van der Waals surface area contributed by atoms with Crippen molar-refractivity contribution >= 4 is 17.6 Å². The second kappa shape index (κ2) is 9.85. The minimum absolute atomic E-state index is 0.0729. The molecule has 0 aliphatic carbocycles. The molecule has 1 aromatic carbocycles. The van der Waals surface area contributed by atoms with Crippen molar-refractivity contribution < 1.29 is 27.8 Å². The summed E-state index contributed by atoms with van der Waals surface area (Å²) < 4.78 is 45.4. The Hall–Kier alpha value is -4.33. The van der Waals surface area contributed by atoms with E-state index in [0.717, 1.165) is 6.54 Å². The number of fused-ring (bicyclic) bond motifs is 1. The SMILES string of the molecule is CC(C)[C@H]1CN(c2ncc(-c3c(O)cc(-c4cnn5cccnc45)cc3OC(=O)C(F)(F)F)nn2)CCN1. The first-order valence-corrected chi connectivity index (χ1v) is 11.7. The Labute approximate surface area is 214 Å². The third-order valence-electron chi connectivity index (χ3n) is 6.20. The van der Waals surface area contributed by atoms with Gasteiger partial charge < -0.3 is 20.1 Å². The second-order valence-electron chi connectivity index (χ2n) is 9.10. The molecule has 1 fully saturated rings. The fourth-order valence-corrected chi connectivity index (χ4v) is 4.22. The lowest BCUT2D eigenvalue weighted by molar-refractivity contribution is -0.189. The predicted octanol–water partition coefficient (Wildman–Crippen LogP) is 2.86. The predicted molar refractivity (Wildman–Crippen MR) is 129 cm³/mol. The van der Waals surface area contributed by atoms with E-state index < -0.39 is 23.6 Å². The normalized spacial score (nSPS) is 16.3. The summed E-state index contributed by atoms with van der Waals surface area (Å²) in [5.41, 5.74) is 0.672. The maximum absolute atomic E-state index is 13.1. The van der Waals surface area contributed by atoms with Crippen LogP contribution in [0, 0.1) is 5.92 Å². The molecule has 1 aliphatic heterocycles. The summed E-state index contributed by atoms with van der Waals surface area (Å²) in [5, 5.41) is 26.7. The van der Waals surface area contributed by atoms with Gasteiger partial charge in [-0.1, -0.05) is 13.8 Å². The average molecular weight is 528 g/mol. The highest BCUT2D eigenvalue weighted by Crippen LogP contribution is 2.42. The highest BCUT2D eigenvalue weighted by atomic mass is 19.4. The molecule has 0 unspecified atom stereocenters. The number of nitrogens with one attached hydrogen (secondary N) is 1. The van der Waals surface area contributed by atoms with Gasteiger partial charge in [-0.05, 0) is 29.7 Å². The largest absolute Gasteiger partial charge is 0.507 e. The van der Waals surface area contributed by atoms with Crippen molar-refractivity contribution in [1.29, 1.82) is 0 Å². The topological polar surface area (TPSA) is 131 Å². The summed E-state index contributed by atoms with van der Waals surface area (Å²) in [6.45, 7) is 6.23. The lowest BCUT2D eigenvalue weighted by atomic mass is 10.0. The Morgan fingerprint density at radius 3 is 2.74 bits per heavy atom. The van der Waals surface area contributed by atoms with Crippen LogP contribution in [0.5, 0.6) is 11.5 Å². The van der Waals surface area contributed by atoms with Crippen molar-refractivity contribution in [2.45, 2.75) is 26.1 Å². The number of phenolic OH excluding ortho intramolecular Hbond substituents is 1. The Morgan fingerprint density at radius 1 is 1.21 bits per heavy atom. The number of phenols is 1. The molecule has 14 heteroatoms. The molecule has 0 saturated carbocycles. The van der Waals surface area contributed by atoms with Gasteiger partial charge in [-0.3, -0.25) is 0 Å². The number of piperazine rings is 1. The lowest BCUT2D eigenvalue weighted by Crippen LogP contribution is -2.53. The zero-order chi connectivity index (χ0) is 27.0. The molecule has 38 heavy (non-hydrogen) atoms. The first-order chi connectivity index (χ1) is 18.1. The molecule has 0 bridgehead atoms. The molecule has 0 radical (unpaired) electrons. The van der Waals surface area contributed by atoms with Crippen LogP contribution in [0.15, 0.2) is 43.0 Å². The number of alkyl halides is 3. The second-order valence-corrected chi connectivity index (χ2v) is 9.10. The summed E-state index contributed by atoms with van der Waals surface area (Å²) in [6.07, 6.45) is 0.586. The van der Waals surface area contributed by atoms with Crippen LogP contribution in [0.3, 0.4) is 0 Å². The summed E-state index contributed by atoms with van der Waals surface area (Å²) in [6, 6.07) is 4.36. The van der Waals surface area contributed by atoms with E-state index in [1.54, 1.807) is 12.3 Å². The van der Waals surface area contributed by atoms with Gasteiger partial charge in [0.1, 0.15) is 17.2 Å². The smallest absolute Gasteiger partial charge is 0.491 e. The van der Waals surface area contributed by atoms with E-state index in [9.17, 15) is 23.1 Å². The molecule has 1 aliphatic rings. The van der Waals surface area contributed by atoms with E-state index in [1.807, 2.05) is 4.90 Å². The number of aromatic nitrogens is 6. The van der Waals surface area contributed by atoms with Gasteiger partial charge in [-0.25, -0.2) is 19.3 Å². The van der Waals surface area contributed by atoms with Crippen molar-refractivity contribution in [3.63, 3.8) is 0 Å². The van der Waals surface area contributed by atoms with Crippen LogP contribution in [0.4, 0.5) is 19.1 Å². The zero-order valence-corrected chi connectivity index (χ0v) is 20.3. The van der Waals surface area contributed by atoms with Gasteiger partial charge in [0.2, 0.25) is 5.95 Å². The molecule has 1 saturated heterocycles. The average Bonchev–Trinajstić information content (AvgIpc) is 3.32. The van der Waals surface area contributed by atoms with E-state index in [-0.39, 0.29) is 22.9 Å². The number of halogens is 3. The number of ether oxygens (including phenoxy) is 1. The summed E-state index contributed by atoms with van der Waals surface area (Å²) in [7, 11) is 0. The van der Waals surface area contributed by atoms with Crippen molar-refractivity contribution in [3.05, 3.63) is 43.0 Å². The molecule has 198 valence electrons. The molecule has 11 nitrogen and oxygen atoms in total. The van der Waals surface area contributed by atoms with E-state index in [0.29, 0.717) is 36.2 Å². The standard InChI is InChI=1S/C24H23F3N8O3/c1-13(2)17-12-34(7-5-28-17)23-30-11-16(32-33-23)20-18(36)8-14(9-19(20)38-22(37)24(25,26)27)15-10-31-35-6-3-4-29-21(15)35/h3-4,6,8-11,13,17,28,36H,5,7,12H2,1-2H3/t17-/m1/s1. The first-order valence-electron chi connectivity index (χ1n) is 11.7. The maximum Gasteiger partial charge on any atom is 0.491 e. The van der Waals surface area contributed by atoms with Crippen LogP contribution in [0.1, 0.15) is 13.8 Å². The molecule has 1 atom stereocenters. The van der Waals surface area contributed by atoms with Gasteiger partial charge in [0, 0.05) is 43.6 Å². The summed E-state index contributed by atoms with van der Waals surface area (Å²) >= 11 is 0. The van der Waals surface area contributed by atoms with Crippen LogP contribution >= 0.6 is 0 Å². The molecule has 5 rings (SSSR count). The molecule has 4 aromatic rings. The summed E-state index contributed by atoms with van der Waals surface area (Å²) in [5.74, 6) is -2.79. The van der Waals surface area contributed by atoms with Crippen LogP contribution in [0.25, 0.3) is 28.0 Å². The van der Waals surface area contributed by atoms with E-state index in [4.69, 9.17) is 4.74 Å². The number of carbonyl (C=O) groups is 1. The number of nitrogens with zero attached hydrogens (tertiary/aromatic N) is 7. The Kier molecular flexibility index (Phi) is 6.57. The maximum atomic E-state index is 13.1. The van der Waals surface area contributed by atoms with Crippen molar-refractivity contribution in [2.24, 2.45) is 5.92 Å². The van der Waals surface area contributed by atoms with Crippen LogP contribution in [0.2, 0.25) is 0 Å². The van der Waals surface area contributed by atoms with Crippen LogP contribution in [-0.2, 0) is 4.79 Å². The van der Waals surface area contributed by atoms with E-state index >= 15 is 0 Å². The third-order valence-corrected chi connectivity index (χ3v) is 6.20. The van der Waals surface area contributed by atoms with Crippen LogP contribution < -0.4 is 15.0 Å². The van der Waals surface area contributed by atoms with Gasteiger partial charge in [0.25, 0.3) is 0 Å². The number of rotatable bonds is 5. The number of anilines is 1. The lowest BCUT2D eigenvalue weighted by Gasteiger charge is -2.35. The fraction of sp³-hybridized carbons (Fsp3) is 0.333. The van der Waals surface area contributed by atoms with Gasteiger partial charge in [-0.2, -0.15) is 18.3 Å². The van der Waals surface area contributed by atoms with Gasteiger partial charge in [-0.15, -0.1) is 10.2 Å². The molecule has 0 spiro atoms. The molecular formula is C24H23F3N8O3. The minimum Gasteiger partial charge on any atom is -0.507 e. The molecule has 3 aromatic heterocycles. The Morgan fingerprint density at radius 2 is 2.03 bits per heavy atom. The molecule has 4 heterocycles. The Bertz CT molecular complexity index is 1470. The molecule has 0 amide bonds. The number of carbonyl (C=O) groups excluding carboxylic acids is 1. The zero-order valence-electron chi connectivity index (χ0n) is 20.3. The number of hydrogen-bond donors (Lipinski definition) is 2. The molecular weight excluding hydrogens is 505 g/mol.